The average molecular weight is 1120 g/mol. The van der Waals surface area contributed by atoms with E-state index in [0.717, 1.165) is 5.56 Å². The van der Waals surface area contributed by atoms with Gasteiger partial charge in [-0.15, -0.1) is 0 Å². The van der Waals surface area contributed by atoms with Crippen molar-refractivity contribution in [3.8, 4) is 56.0 Å². The monoisotopic (exact) mass is 1120 g/mol. The van der Waals surface area contributed by atoms with E-state index in [4.69, 9.17) is 23.5 Å². The van der Waals surface area contributed by atoms with Crippen LogP contribution in [0.15, 0.2) is 93.9 Å². The van der Waals surface area contributed by atoms with E-state index >= 15 is 0 Å². The van der Waals surface area contributed by atoms with Crippen molar-refractivity contribution < 1.29 is 57.7 Å². The van der Waals surface area contributed by atoms with Gasteiger partial charge in [-0.2, -0.15) is 4.57 Å². The summed E-state index contributed by atoms with van der Waals surface area (Å²) in [6, 6.07) is 21.5. The van der Waals surface area contributed by atoms with Crippen molar-refractivity contribution in [3.05, 3.63) is 139 Å². The zero-order chi connectivity index (χ0) is 49.8. The molecule has 6 N–H and O–H groups in total. The van der Waals surface area contributed by atoms with E-state index in [-0.39, 0.29) is 17.3 Å². The van der Waals surface area contributed by atoms with Crippen molar-refractivity contribution in [2.45, 2.75) is 24.2 Å². The second kappa shape index (κ2) is 14.2. The molecule has 10 aliphatic rings. The van der Waals surface area contributed by atoms with Gasteiger partial charge in [0.1, 0.15) is 11.2 Å². The number of rotatable bonds is 8. The van der Waals surface area contributed by atoms with Gasteiger partial charge in [-0.05, 0) is 102 Å². The quantitative estimate of drug-likeness (QED) is 0.0773. The van der Waals surface area contributed by atoms with E-state index in [2.05, 4.69) is 41.8 Å². The Labute approximate surface area is 425 Å². The lowest BCUT2D eigenvalue weighted by atomic mass is 9.89. The number of phosphoric ester groups is 1. The van der Waals surface area contributed by atoms with Gasteiger partial charge in [0.2, 0.25) is 11.5 Å². The molecule has 356 valence electrons. The van der Waals surface area contributed by atoms with Gasteiger partial charge >= 0.3 is 31.7 Å². The van der Waals surface area contributed by atoms with Crippen molar-refractivity contribution >= 4 is 121 Å². The lowest BCUT2D eigenvalue weighted by Gasteiger charge is -2.35. The number of aliphatic carboxylic acids is 4. The van der Waals surface area contributed by atoms with Gasteiger partial charge in [-0.3, -0.25) is 0 Å². The molecule has 18 nitrogen and oxygen atoms in total. The number of H-pyrrole nitrogens is 2. The highest BCUT2D eigenvalue weighted by Gasteiger charge is 2.58. The molecule has 18 bridgehead atoms. The predicted octanol–water partition coefficient (Wildman–Crippen LogP) is 11.3. The molecule has 0 saturated heterocycles. The summed E-state index contributed by atoms with van der Waals surface area (Å²) in [5.74, 6) is -4.16. The second-order valence-electron chi connectivity index (χ2n) is 18.3. The third kappa shape index (κ3) is 5.43. The number of carbonyl (C=O) groups is 4. The Morgan fingerprint density at radius 1 is 0.521 bits per heavy atom. The van der Waals surface area contributed by atoms with E-state index < -0.39 is 55.9 Å². The van der Waals surface area contributed by atoms with Gasteiger partial charge in [0, 0.05) is 56.3 Å². The summed E-state index contributed by atoms with van der Waals surface area (Å²) in [6.07, 6.45) is 5.31. The molecule has 5 atom stereocenters. The number of carboxylic acid groups (broad SMARTS) is 4. The molecule has 3 aromatic heterocycles. The Kier molecular flexibility index (Phi) is 8.19. The predicted molar refractivity (Wildman–Crippen MR) is 271 cm³/mol. The third-order valence-corrected chi connectivity index (χ3v) is 17.6. The summed E-state index contributed by atoms with van der Waals surface area (Å²) in [5.41, 5.74) is 12.1. The van der Waals surface area contributed by atoms with E-state index in [1.807, 2.05) is 78.9 Å². The number of fused-ring (bicyclic) bond motifs is 8. The van der Waals surface area contributed by atoms with Gasteiger partial charge in [0.25, 0.3) is 0 Å². The number of hydrogen-bond acceptors (Lipinski definition) is 12. The first-order chi connectivity index (χ1) is 35.2. The number of aromatic amines is 2. The molecule has 0 aliphatic carbocycles. The topological polar surface area (TPSA) is 258 Å². The van der Waals surface area contributed by atoms with Gasteiger partial charge in [-0.1, -0.05) is 60.7 Å². The first kappa shape index (κ1) is 42.3. The van der Waals surface area contributed by atoms with Crippen LogP contribution < -0.4 is 18.8 Å². The van der Waals surface area contributed by atoms with Crippen molar-refractivity contribution in [2.24, 2.45) is 0 Å². The molecular formula is C52H27Br2N6O12P. The van der Waals surface area contributed by atoms with Crippen molar-refractivity contribution in [1.29, 1.82) is 0 Å². The van der Waals surface area contributed by atoms with Gasteiger partial charge in [0.05, 0.1) is 37.1 Å². The van der Waals surface area contributed by atoms with E-state index in [9.17, 15) is 44.2 Å². The minimum Gasteiger partial charge on any atom is -0.479 e. The van der Waals surface area contributed by atoms with Crippen LogP contribution in [0, 0.1) is 0 Å². The number of phosphoric acid groups is 1. The summed E-state index contributed by atoms with van der Waals surface area (Å²) in [5, 5.41) is 40.4. The average Bonchev–Trinajstić information content (AvgIpc) is 4.23. The molecule has 17 rings (SSSR count). The van der Waals surface area contributed by atoms with Crippen LogP contribution in [0.5, 0.6) is 11.5 Å². The van der Waals surface area contributed by atoms with Crippen LogP contribution in [-0.4, -0.2) is 64.2 Å². The molecule has 0 radical (unpaired) electrons. The van der Waals surface area contributed by atoms with Crippen LogP contribution in [-0.2, 0) is 28.3 Å². The summed E-state index contributed by atoms with van der Waals surface area (Å²) < 4.78 is 33.8. The van der Waals surface area contributed by atoms with Crippen molar-refractivity contribution in [2.75, 3.05) is 9.80 Å². The van der Waals surface area contributed by atoms with E-state index in [0.29, 0.717) is 126 Å². The molecule has 0 saturated carbocycles. The maximum Gasteiger partial charge on any atom is 0.647 e. The zero-order valence-corrected chi connectivity index (χ0v) is 40.7. The molecule has 13 heterocycles. The number of nitrogens with one attached hydrogen (secondary N) is 2. The van der Waals surface area contributed by atoms with Gasteiger partial charge in [0.15, 0.2) is 29.9 Å². The first-order valence-corrected chi connectivity index (χ1v) is 25.5. The van der Waals surface area contributed by atoms with Crippen LogP contribution >= 0.6 is 39.7 Å². The number of carboxylic acids is 4. The minimum atomic E-state index is -4.34. The molecule has 7 aromatic rings. The Balaban J connectivity index is 0.909. The standard InChI is InChI=1S/C52H27Br2N6O12P/c53-38-26-13-11-24(55-26)32(20-5-1-18(2-6-20)22-9-15-29-36-34(22)43(49(61)62)59(29)45(36)51(65)66)25-12-14-27(56-25)39(54)42-48-47-41(58-42)33(40-31(17-28(38)57-40)70-73(69,71-47)72-48)21-7-3-19(4-8-21)23-10-16-30-37-35(23)44(50(63)64)60(30)46(37)52(67)68/h1-17,43-46,55,58H,(H,61,62)(H,63,64)(H,65,66)(H,67,68). The fourth-order valence-corrected chi connectivity index (χ4v) is 14.0. The molecule has 4 aromatic carbocycles. The Bertz CT molecular complexity index is 4210. The smallest absolute Gasteiger partial charge is 0.479 e. The van der Waals surface area contributed by atoms with E-state index in [1.165, 1.54) is 9.80 Å². The number of benzene rings is 4. The SMILES string of the molecule is O=C(O)C1c2c(-c3ccc(-c4c5nc(c(Br)c6[nH]c7c8c6OP(=O)(OC6=Cc(nc6c7-c6ccc(-c7ccc9c%10c7C(C(=O)O)N9C%10C(=O)O)cc6)c(Br)c6ccc4[nH]6)O8)C=C5)cc3)ccc3c2C(C(=O)O)N31. The number of aromatic nitrogens is 4. The number of hydrogen-bond donors (Lipinski definition) is 6. The fourth-order valence-electron chi connectivity index (χ4n) is 11.8. The normalized spacial score (nSPS) is 21.0. The van der Waals surface area contributed by atoms with Crippen LogP contribution in [0.2, 0.25) is 0 Å². The summed E-state index contributed by atoms with van der Waals surface area (Å²) >= 11 is 7.58. The molecule has 0 fully saturated rings. The van der Waals surface area contributed by atoms with Crippen LogP contribution in [0.4, 0.5) is 11.4 Å². The van der Waals surface area contributed by atoms with Gasteiger partial charge < -0.3 is 53.8 Å². The van der Waals surface area contributed by atoms with Crippen LogP contribution in [0.3, 0.4) is 0 Å². The van der Waals surface area contributed by atoms with Crippen LogP contribution in [0.25, 0.3) is 90.6 Å². The maximum absolute atomic E-state index is 14.4. The summed E-state index contributed by atoms with van der Waals surface area (Å²) in [6.45, 7) is 0. The largest absolute Gasteiger partial charge is 0.647 e. The molecule has 5 unspecified atom stereocenters. The highest BCUT2D eigenvalue weighted by Crippen LogP contribution is 2.67. The fraction of sp³-hybridized carbons (Fsp3) is 0.0769. The Hall–Kier alpha value is -8.45. The first-order valence-electron chi connectivity index (χ1n) is 22.5. The minimum absolute atomic E-state index is 0.103. The molecule has 0 amide bonds. The summed E-state index contributed by atoms with van der Waals surface area (Å²) in [4.78, 5) is 69.6. The molecule has 10 aliphatic heterocycles. The lowest BCUT2D eigenvalue weighted by molar-refractivity contribution is -0.142. The van der Waals surface area contributed by atoms with Crippen molar-refractivity contribution in [3.63, 3.8) is 0 Å². The third-order valence-electron chi connectivity index (χ3n) is 14.7. The Morgan fingerprint density at radius 2 is 1.01 bits per heavy atom. The maximum atomic E-state index is 14.4. The highest BCUT2D eigenvalue weighted by molar-refractivity contribution is 9.11. The molecular weight excluding hydrogens is 1090 g/mol. The Morgan fingerprint density at radius 3 is 1.58 bits per heavy atom. The van der Waals surface area contributed by atoms with E-state index in [1.54, 1.807) is 24.3 Å². The van der Waals surface area contributed by atoms with Crippen LogP contribution in [0.1, 0.15) is 69.2 Å². The van der Waals surface area contributed by atoms with Gasteiger partial charge in [-0.25, -0.2) is 29.1 Å². The number of halogens is 2. The molecule has 21 heteroatoms. The molecule has 0 spiro atoms. The molecule has 73 heavy (non-hydrogen) atoms. The lowest BCUT2D eigenvalue weighted by Crippen LogP contribution is -2.39. The number of nitrogens with zero attached hydrogens (tertiary/aromatic N) is 4. The van der Waals surface area contributed by atoms with Crippen molar-refractivity contribution in [1.82, 2.24) is 19.9 Å². The highest BCUT2D eigenvalue weighted by atomic mass is 79.9. The zero-order valence-electron chi connectivity index (χ0n) is 36.7. The number of anilines is 2. The summed E-state index contributed by atoms with van der Waals surface area (Å²) in [7, 11) is -4.34. The second-order valence-corrected chi connectivity index (χ2v) is 21.4.